The van der Waals surface area contributed by atoms with E-state index in [2.05, 4.69) is 17.6 Å². The number of carbonyl (C=O) groups excluding carboxylic acids is 1. The van der Waals surface area contributed by atoms with E-state index in [0.29, 0.717) is 13.0 Å². The van der Waals surface area contributed by atoms with Gasteiger partial charge in [-0.15, -0.1) is 0 Å². The number of amides is 1. The van der Waals surface area contributed by atoms with Crippen LogP contribution in [0.3, 0.4) is 0 Å². The maximum atomic E-state index is 11.7. The Bertz CT molecular complexity index is 180. The van der Waals surface area contributed by atoms with Crippen LogP contribution in [-0.2, 0) is 9.53 Å². The highest BCUT2D eigenvalue weighted by Gasteiger charge is 2.13. The number of nitrogens with one attached hydrogen (secondary N) is 2. The predicted octanol–water partition coefficient (Wildman–Crippen LogP) is 1.31. The van der Waals surface area contributed by atoms with Gasteiger partial charge in [-0.2, -0.15) is 0 Å². The Morgan fingerprint density at radius 2 is 2.06 bits per heavy atom. The minimum atomic E-state index is 0.101. The van der Waals surface area contributed by atoms with Crippen molar-refractivity contribution in [1.29, 1.82) is 0 Å². The van der Waals surface area contributed by atoms with Gasteiger partial charge in [0.15, 0.2) is 0 Å². The summed E-state index contributed by atoms with van der Waals surface area (Å²) in [5, 5.41) is 6.23. The fraction of sp³-hybridized carbons (Fsp3) is 0.917. The number of rotatable bonds is 9. The molecule has 0 heterocycles. The van der Waals surface area contributed by atoms with Crippen molar-refractivity contribution in [2.75, 3.05) is 20.3 Å². The van der Waals surface area contributed by atoms with Gasteiger partial charge in [0.05, 0.1) is 12.6 Å². The van der Waals surface area contributed by atoms with Gasteiger partial charge in [-0.3, -0.25) is 4.79 Å². The molecule has 0 radical (unpaired) electrons. The Morgan fingerprint density at radius 1 is 1.38 bits per heavy atom. The van der Waals surface area contributed by atoms with Gasteiger partial charge in [0.25, 0.3) is 0 Å². The van der Waals surface area contributed by atoms with Crippen LogP contribution in [0.25, 0.3) is 0 Å². The average molecular weight is 230 g/mol. The van der Waals surface area contributed by atoms with Crippen molar-refractivity contribution in [3.8, 4) is 0 Å². The second kappa shape index (κ2) is 9.60. The molecule has 0 aliphatic rings. The predicted molar refractivity (Wildman–Crippen MR) is 66.5 cm³/mol. The fourth-order valence-electron chi connectivity index (χ4n) is 1.73. The normalized spacial score (nSPS) is 14.5. The first-order chi connectivity index (χ1) is 7.63. The maximum Gasteiger partial charge on any atom is 0.221 e. The quantitative estimate of drug-likeness (QED) is 0.628. The van der Waals surface area contributed by atoms with Gasteiger partial charge < -0.3 is 15.4 Å². The van der Waals surface area contributed by atoms with E-state index in [-0.39, 0.29) is 18.0 Å². The number of methoxy groups -OCH3 is 1. The molecule has 2 N–H and O–H groups in total. The van der Waals surface area contributed by atoms with Crippen LogP contribution < -0.4 is 10.6 Å². The maximum absolute atomic E-state index is 11.7. The van der Waals surface area contributed by atoms with Crippen molar-refractivity contribution in [2.45, 2.75) is 52.1 Å². The van der Waals surface area contributed by atoms with Crippen LogP contribution in [0.2, 0.25) is 0 Å². The molecule has 0 aliphatic carbocycles. The molecule has 4 nitrogen and oxygen atoms in total. The lowest BCUT2D eigenvalue weighted by Crippen LogP contribution is -2.41. The summed E-state index contributed by atoms with van der Waals surface area (Å²) >= 11 is 0. The van der Waals surface area contributed by atoms with Gasteiger partial charge >= 0.3 is 0 Å². The zero-order chi connectivity index (χ0) is 12.4. The van der Waals surface area contributed by atoms with Crippen LogP contribution in [0.4, 0.5) is 0 Å². The molecular formula is C12H26N2O2. The minimum Gasteiger partial charge on any atom is -0.383 e. The Kier molecular flexibility index (Phi) is 9.24. The summed E-state index contributed by atoms with van der Waals surface area (Å²) in [5.74, 6) is 0.101. The van der Waals surface area contributed by atoms with E-state index >= 15 is 0 Å². The standard InChI is InChI=1S/C12H26N2O2/c1-5-7-11(9-16-4)14-12(15)8-10(3)13-6-2/h10-11,13H,5-9H2,1-4H3,(H,14,15). The van der Waals surface area contributed by atoms with Crippen LogP contribution in [0.15, 0.2) is 0 Å². The van der Waals surface area contributed by atoms with Crippen molar-refractivity contribution in [3.05, 3.63) is 0 Å². The third-order valence-corrected chi connectivity index (χ3v) is 2.41. The minimum absolute atomic E-state index is 0.101. The largest absolute Gasteiger partial charge is 0.383 e. The second-order valence-electron chi connectivity index (χ2n) is 4.17. The molecule has 0 aromatic heterocycles. The van der Waals surface area contributed by atoms with E-state index in [9.17, 15) is 4.79 Å². The molecule has 96 valence electrons. The summed E-state index contributed by atoms with van der Waals surface area (Å²) in [6.07, 6.45) is 2.55. The molecule has 0 saturated heterocycles. The van der Waals surface area contributed by atoms with E-state index in [1.165, 1.54) is 0 Å². The SMILES string of the molecule is CCCC(COC)NC(=O)CC(C)NCC. The molecule has 0 saturated carbocycles. The van der Waals surface area contributed by atoms with Crippen molar-refractivity contribution < 1.29 is 9.53 Å². The fourth-order valence-corrected chi connectivity index (χ4v) is 1.73. The third-order valence-electron chi connectivity index (χ3n) is 2.41. The van der Waals surface area contributed by atoms with E-state index in [1.54, 1.807) is 7.11 Å². The zero-order valence-corrected chi connectivity index (χ0v) is 11.0. The number of hydrogen-bond acceptors (Lipinski definition) is 3. The second-order valence-corrected chi connectivity index (χ2v) is 4.17. The molecule has 0 aromatic rings. The topological polar surface area (TPSA) is 50.4 Å². The first-order valence-corrected chi connectivity index (χ1v) is 6.15. The molecule has 4 heteroatoms. The first kappa shape index (κ1) is 15.4. The summed E-state index contributed by atoms with van der Waals surface area (Å²) < 4.78 is 5.08. The Labute approximate surface area is 99.1 Å². The van der Waals surface area contributed by atoms with Crippen LogP contribution >= 0.6 is 0 Å². The van der Waals surface area contributed by atoms with Crippen LogP contribution in [0.5, 0.6) is 0 Å². The summed E-state index contributed by atoms with van der Waals surface area (Å²) in [5.41, 5.74) is 0. The summed E-state index contributed by atoms with van der Waals surface area (Å²) in [6, 6.07) is 0.381. The van der Waals surface area contributed by atoms with E-state index in [1.807, 2.05) is 13.8 Å². The molecule has 0 aromatic carbocycles. The molecule has 0 spiro atoms. The smallest absolute Gasteiger partial charge is 0.221 e. The highest BCUT2D eigenvalue weighted by Crippen LogP contribution is 1.99. The molecule has 0 bridgehead atoms. The van der Waals surface area contributed by atoms with Gasteiger partial charge in [-0.05, 0) is 19.9 Å². The van der Waals surface area contributed by atoms with Gasteiger partial charge in [0.2, 0.25) is 5.91 Å². The highest BCUT2D eigenvalue weighted by atomic mass is 16.5. The lowest BCUT2D eigenvalue weighted by atomic mass is 10.1. The lowest BCUT2D eigenvalue weighted by Gasteiger charge is -2.19. The monoisotopic (exact) mass is 230 g/mol. The molecule has 2 atom stereocenters. The molecule has 16 heavy (non-hydrogen) atoms. The van der Waals surface area contributed by atoms with Crippen LogP contribution in [-0.4, -0.2) is 38.3 Å². The van der Waals surface area contributed by atoms with Crippen LogP contribution in [0, 0.1) is 0 Å². The zero-order valence-electron chi connectivity index (χ0n) is 11.0. The summed E-state index contributed by atoms with van der Waals surface area (Å²) in [7, 11) is 1.66. The lowest BCUT2D eigenvalue weighted by molar-refractivity contribution is -0.122. The number of hydrogen-bond donors (Lipinski definition) is 2. The molecule has 0 aliphatic heterocycles. The molecule has 1 amide bonds. The van der Waals surface area contributed by atoms with Crippen molar-refractivity contribution in [3.63, 3.8) is 0 Å². The first-order valence-electron chi connectivity index (χ1n) is 6.15. The molecular weight excluding hydrogens is 204 g/mol. The molecule has 2 unspecified atom stereocenters. The third kappa shape index (κ3) is 7.65. The van der Waals surface area contributed by atoms with Gasteiger partial charge in [-0.1, -0.05) is 20.3 Å². The Morgan fingerprint density at radius 3 is 2.56 bits per heavy atom. The molecule has 0 rings (SSSR count). The Balaban J connectivity index is 3.88. The van der Waals surface area contributed by atoms with E-state index < -0.39 is 0 Å². The van der Waals surface area contributed by atoms with Gasteiger partial charge in [-0.25, -0.2) is 0 Å². The van der Waals surface area contributed by atoms with E-state index in [4.69, 9.17) is 4.74 Å². The number of carbonyl (C=O) groups is 1. The van der Waals surface area contributed by atoms with Crippen molar-refractivity contribution >= 4 is 5.91 Å². The highest BCUT2D eigenvalue weighted by molar-refractivity contribution is 5.76. The summed E-state index contributed by atoms with van der Waals surface area (Å²) in [6.45, 7) is 7.66. The van der Waals surface area contributed by atoms with Crippen molar-refractivity contribution in [2.24, 2.45) is 0 Å². The van der Waals surface area contributed by atoms with Gasteiger partial charge in [0.1, 0.15) is 0 Å². The Hall–Kier alpha value is -0.610. The van der Waals surface area contributed by atoms with Crippen LogP contribution in [0.1, 0.15) is 40.0 Å². The van der Waals surface area contributed by atoms with Crippen molar-refractivity contribution in [1.82, 2.24) is 10.6 Å². The average Bonchev–Trinajstić information content (AvgIpc) is 2.18. The van der Waals surface area contributed by atoms with E-state index in [0.717, 1.165) is 19.4 Å². The number of ether oxygens (including phenoxy) is 1. The summed E-state index contributed by atoms with van der Waals surface area (Å²) in [4.78, 5) is 11.7. The van der Waals surface area contributed by atoms with Gasteiger partial charge in [0, 0.05) is 19.6 Å². The molecule has 0 fully saturated rings.